The molecule has 0 amide bonds. The van der Waals surface area contributed by atoms with Crippen molar-refractivity contribution in [3.05, 3.63) is 57.6 Å². The number of hydrogen-bond donors (Lipinski definition) is 2. The molecule has 0 aliphatic carbocycles. The van der Waals surface area contributed by atoms with Crippen LogP contribution in [0.2, 0.25) is 0 Å². The molecule has 0 bridgehead atoms. The molecule has 5 rings (SSSR count). The van der Waals surface area contributed by atoms with E-state index in [1.165, 1.54) is 22.3 Å². The maximum absolute atomic E-state index is 8.54. The summed E-state index contributed by atoms with van der Waals surface area (Å²) in [7, 11) is 0. The summed E-state index contributed by atoms with van der Waals surface area (Å²) in [6, 6.07) is 8.09. The predicted octanol–water partition coefficient (Wildman–Crippen LogP) is 8.04. The maximum atomic E-state index is 8.54. The smallest absolute Gasteiger partial charge is 0.361 e. The van der Waals surface area contributed by atoms with Crippen molar-refractivity contribution in [3.8, 4) is 11.5 Å². The van der Waals surface area contributed by atoms with Crippen LogP contribution in [0.5, 0.6) is 11.5 Å². The lowest BCUT2D eigenvalue weighted by Gasteiger charge is -2.34. The summed E-state index contributed by atoms with van der Waals surface area (Å²) < 4.78 is 19.0. The Morgan fingerprint density at radius 2 is 1.28 bits per heavy atom. The van der Waals surface area contributed by atoms with E-state index in [2.05, 4.69) is 120 Å². The number of nitrogens with one attached hydrogen (secondary N) is 2. The van der Waals surface area contributed by atoms with Gasteiger partial charge in [-0.25, -0.2) is 0 Å². The minimum absolute atomic E-state index is 0.132. The van der Waals surface area contributed by atoms with Crippen molar-refractivity contribution in [2.75, 3.05) is 19.6 Å². The Kier molecular flexibility index (Phi) is 9.28. The summed E-state index contributed by atoms with van der Waals surface area (Å²) in [4.78, 5) is 2.14. The molecule has 254 valence electrons. The fraction of sp³-hybridized carbons (Fsp3) is 0.600. The van der Waals surface area contributed by atoms with E-state index in [-0.39, 0.29) is 16.4 Å². The molecule has 1 spiro atoms. The Balaban J connectivity index is 1.56. The van der Waals surface area contributed by atoms with Crippen molar-refractivity contribution in [1.82, 2.24) is 4.90 Å². The van der Waals surface area contributed by atoms with Crippen LogP contribution in [0.15, 0.2) is 24.3 Å². The van der Waals surface area contributed by atoms with Crippen LogP contribution in [0.3, 0.4) is 0 Å². The van der Waals surface area contributed by atoms with Crippen LogP contribution in [-0.4, -0.2) is 69.2 Å². The number of aryl methyl sites for hydroxylation is 2. The highest BCUT2D eigenvalue weighted by Gasteiger charge is 2.75. The first-order valence-electron chi connectivity index (χ1n) is 17.7. The zero-order valence-electron chi connectivity index (χ0n) is 31.0. The van der Waals surface area contributed by atoms with Gasteiger partial charge in [-0.1, -0.05) is 62.8 Å². The fourth-order valence-electron chi connectivity index (χ4n) is 7.34. The molecule has 0 aromatic heterocycles. The lowest BCUT2D eigenvalue weighted by molar-refractivity contribution is -0.867. The molecule has 2 aromatic carbocycles. The van der Waals surface area contributed by atoms with E-state index < -0.39 is 6.03 Å². The molecule has 1 saturated heterocycles. The van der Waals surface area contributed by atoms with E-state index in [9.17, 15) is 0 Å². The van der Waals surface area contributed by atoms with E-state index in [1.54, 1.807) is 0 Å². The quantitative estimate of drug-likeness (QED) is 0.157. The molecular weight excluding hydrogens is 582 g/mol. The molecule has 3 aliphatic rings. The molecular formula is C40H59N5O2+2. The monoisotopic (exact) mass is 641 g/mol. The molecule has 7 nitrogen and oxygen atoms in total. The van der Waals surface area contributed by atoms with E-state index >= 15 is 0 Å². The molecule has 1 atom stereocenters. The van der Waals surface area contributed by atoms with Gasteiger partial charge in [0.05, 0.1) is 17.0 Å². The largest absolute Gasteiger partial charge is 0.704 e. The molecule has 47 heavy (non-hydrogen) atoms. The second-order valence-electron chi connectivity index (χ2n) is 16.6. The molecule has 0 saturated carbocycles. The number of benzene rings is 2. The van der Waals surface area contributed by atoms with Crippen LogP contribution in [0, 0.1) is 10.8 Å². The lowest BCUT2D eigenvalue weighted by Crippen LogP contribution is -2.61. The Morgan fingerprint density at radius 3 is 1.74 bits per heavy atom. The van der Waals surface area contributed by atoms with Gasteiger partial charge in [0.15, 0.2) is 23.9 Å². The first kappa shape index (κ1) is 34.8. The third-order valence-corrected chi connectivity index (χ3v) is 9.92. The van der Waals surface area contributed by atoms with Gasteiger partial charge in [0.1, 0.15) is 0 Å². The topological polar surface area (TPSA) is 75.4 Å². The van der Waals surface area contributed by atoms with Crippen molar-refractivity contribution in [1.29, 1.82) is 10.8 Å². The minimum atomic E-state index is -1.12. The second kappa shape index (κ2) is 12.5. The zero-order valence-corrected chi connectivity index (χ0v) is 31.0. The molecule has 7 heteroatoms. The van der Waals surface area contributed by atoms with Gasteiger partial charge in [-0.3, -0.25) is 5.41 Å². The van der Waals surface area contributed by atoms with Gasteiger partial charge in [-0.15, -0.1) is 0 Å². The molecule has 0 radical (unpaired) electrons. The summed E-state index contributed by atoms with van der Waals surface area (Å²) in [6.45, 7) is 26.7. The van der Waals surface area contributed by atoms with E-state index in [0.717, 1.165) is 92.3 Å². The van der Waals surface area contributed by atoms with Crippen molar-refractivity contribution in [2.24, 2.45) is 0 Å². The van der Waals surface area contributed by atoms with Gasteiger partial charge < -0.3 is 19.8 Å². The highest BCUT2D eigenvalue weighted by atomic mass is 16.7. The standard InChI is InChI=1S/C40H59N5O2/c1-12-43(13-2)34(42)19-15-18-29-21-31-25-45-39(10,11)26-44-24-30-20-28(17-14-16-27(3)41)22-32(37(4,5)6)35(30)46-40(44,45)47-36(31)33(23-29)38(7,8)9/h20-25,41-42H,12-19,26H2,1-11H3/q+2. The summed E-state index contributed by atoms with van der Waals surface area (Å²) >= 11 is 0. The van der Waals surface area contributed by atoms with E-state index in [0.29, 0.717) is 0 Å². The summed E-state index contributed by atoms with van der Waals surface area (Å²) in [6.07, 6.45) is 9.91. The van der Waals surface area contributed by atoms with E-state index in [1.807, 2.05) is 6.92 Å². The Hall–Kier alpha value is -3.48. The highest BCUT2D eigenvalue weighted by Crippen LogP contribution is 2.47. The lowest BCUT2D eigenvalue weighted by atomic mass is 9.83. The number of amidine groups is 1. The first-order chi connectivity index (χ1) is 21.9. The third kappa shape index (κ3) is 6.77. The predicted molar refractivity (Wildman–Crippen MR) is 194 cm³/mol. The molecule has 2 N–H and O–H groups in total. The SMILES string of the molecule is CCN(CC)C(=N)CCCc1cc2c(c(C(C)(C)C)c1)OC13Oc4c(cc(CCCC(C)=N)cc4C(C)(C)C)C=[N+]1CC(C)(C)[N+]3=C2. The van der Waals surface area contributed by atoms with Gasteiger partial charge in [0.25, 0.3) is 0 Å². The molecule has 2 aromatic rings. The van der Waals surface area contributed by atoms with Crippen molar-refractivity contribution in [3.63, 3.8) is 0 Å². The minimum Gasteiger partial charge on any atom is -0.361 e. The summed E-state index contributed by atoms with van der Waals surface area (Å²) in [5.41, 5.74) is 7.34. The van der Waals surface area contributed by atoms with Crippen molar-refractivity contribution >= 4 is 24.0 Å². The number of hydrogen-bond acceptors (Lipinski definition) is 4. The van der Waals surface area contributed by atoms with Gasteiger partial charge in [0, 0.05) is 50.2 Å². The van der Waals surface area contributed by atoms with Gasteiger partial charge in [-0.05, 0) is 87.0 Å². The molecule has 1 fully saturated rings. The van der Waals surface area contributed by atoms with Gasteiger partial charge >= 0.3 is 6.03 Å². The van der Waals surface area contributed by atoms with Gasteiger partial charge in [-0.2, -0.15) is 0 Å². The first-order valence-corrected chi connectivity index (χ1v) is 17.7. The summed E-state index contributed by atoms with van der Waals surface area (Å²) in [5, 5.41) is 16.4. The molecule has 3 aliphatic heterocycles. The third-order valence-electron chi connectivity index (χ3n) is 9.92. The Morgan fingerprint density at radius 1 is 0.787 bits per heavy atom. The van der Waals surface area contributed by atoms with Crippen LogP contribution >= 0.6 is 0 Å². The van der Waals surface area contributed by atoms with Crippen molar-refractivity contribution < 1.29 is 18.6 Å². The van der Waals surface area contributed by atoms with Crippen LogP contribution in [0.4, 0.5) is 0 Å². The zero-order chi connectivity index (χ0) is 34.5. The Labute approximate surface area is 283 Å². The number of ether oxygens (including phenoxy) is 2. The highest BCUT2D eigenvalue weighted by molar-refractivity contribution is 5.85. The van der Waals surface area contributed by atoms with Crippen molar-refractivity contribution in [2.45, 2.75) is 137 Å². The summed E-state index contributed by atoms with van der Waals surface area (Å²) in [5.74, 6) is 2.52. The fourth-order valence-corrected chi connectivity index (χ4v) is 7.34. The average molecular weight is 642 g/mol. The van der Waals surface area contributed by atoms with Crippen LogP contribution < -0.4 is 9.47 Å². The van der Waals surface area contributed by atoms with Crippen LogP contribution in [-0.2, 0) is 23.7 Å². The normalized spacial score (nSPS) is 19.3. The number of rotatable bonds is 10. The average Bonchev–Trinajstić information content (AvgIpc) is 3.18. The van der Waals surface area contributed by atoms with Crippen LogP contribution in [0.25, 0.3) is 0 Å². The second-order valence-corrected chi connectivity index (χ2v) is 16.6. The maximum Gasteiger partial charge on any atom is 0.704 e. The van der Waals surface area contributed by atoms with Gasteiger partial charge in [0.2, 0.25) is 12.1 Å². The molecule has 3 heterocycles. The number of nitrogens with zero attached hydrogens (tertiary/aromatic N) is 3. The number of fused-ring (bicyclic) bond motifs is 2. The molecule has 1 unspecified atom stereocenters. The van der Waals surface area contributed by atoms with E-state index in [4.69, 9.17) is 20.3 Å². The van der Waals surface area contributed by atoms with Crippen LogP contribution in [0.1, 0.15) is 135 Å². The Bertz CT molecular complexity index is 1630.